The molecule has 10 aliphatic rings. The highest BCUT2D eigenvalue weighted by molar-refractivity contribution is 5.70. The molecule has 298 valence electrons. The van der Waals surface area contributed by atoms with E-state index in [1.54, 1.807) is 129 Å². The Morgan fingerprint density at radius 1 is 0.393 bits per heavy atom. The summed E-state index contributed by atoms with van der Waals surface area (Å²) >= 11 is 0. The van der Waals surface area contributed by atoms with E-state index in [9.17, 15) is 0 Å². The van der Waals surface area contributed by atoms with Gasteiger partial charge in [-0.05, 0) is 165 Å². The Kier molecular flexibility index (Phi) is 9.01. The van der Waals surface area contributed by atoms with Gasteiger partial charge in [0.1, 0.15) is 0 Å². The van der Waals surface area contributed by atoms with Gasteiger partial charge in [0.2, 0.25) is 0 Å². The molecule has 5 aromatic rings. The highest BCUT2D eigenvalue weighted by Crippen LogP contribution is 2.51. The summed E-state index contributed by atoms with van der Waals surface area (Å²) in [6.45, 7) is 27.8. The predicted molar refractivity (Wildman–Crippen MR) is 239 cm³/mol. The van der Waals surface area contributed by atoms with E-state index in [1.807, 2.05) is 0 Å². The molecule has 0 atom stereocenters. The molecule has 0 bridgehead atoms. The highest BCUT2D eigenvalue weighted by Gasteiger charge is 2.42. The molecule has 0 unspecified atom stereocenters. The molecule has 2 aliphatic heterocycles. The van der Waals surface area contributed by atoms with Crippen molar-refractivity contribution in [2.45, 2.75) is 193 Å². The van der Waals surface area contributed by atoms with Crippen LogP contribution >= 0.6 is 0 Å². The van der Waals surface area contributed by atoms with Crippen LogP contribution < -0.4 is 0 Å². The zero-order valence-corrected chi connectivity index (χ0v) is 34.4. The summed E-state index contributed by atoms with van der Waals surface area (Å²) in [5.41, 5.74) is 38.2. The molecule has 8 aliphatic carbocycles. The molecule has 0 amide bonds. The van der Waals surface area contributed by atoms with Gasteiger partial charge in [-0.3, -0.25) is 0 Å². The van der Waals surface area contributed by atoms with Crippen molar-refractivity contribution in [1.29, 1.82) is 0 Å². The average molecular weight is 750 g/mol. The van der Waals surface area contributed by atoms with Crippen LogP contribution in [0.25, 0.3) is 0 Å². The molecule has 0 spiro atoms. The maximum atomic E-state index is 2.52. The largest absolute Gasteiger partial charge is 0.345 e. The summed E-state index contributed by atoms with van der Waals surface area (Å²) in [4.78, 5) is 0. The number of rotatable bonds is 5. The molecule has 0 fully saturated rings. The van der Waals surface area contributed by atoms with Crippen LogP contribution in [0, 0.1) is 6.92 Å². The molecule has 0 N–H and O–H groups in total. The second kappa shape index (κ2) is 12.9. The van der Waals surface area contributed by atoms with Gasteiger partial charge >= 0.3 is 0 Å². The normalized spacial score (nSPS) is 15.8. The van der Waals surface area contributed by atoms with Gasteiger partial charge in [0, 0.05) is 65.9 Å². The zero-order valence-electron chi connectivity index (χ0n) is 34.4. The molecular formula is C53H71N3. The van der Waals surface area contributed by atoms with Crippen molar-refractivity contribution in [3.05, 3.63) is 135 Å². The molecule has 0 saturated heterocycles. The standard InChI is InChI=1S/C12H14.C11H12.3C9H11N.3CH4/c1-6(2)12-10-4-8(10)7(3)9-5-11(9)12;1-6(2)11-9-4-7(9)3-8-5-10(8)11;1-5(2)10-8-3-6(8)7-4-9(7)10;1-5(2)9-6-3-7(6)10-4-8(9)10;1-5(2)9-7-3-6(7)8-4-10(8)9;;;/h6H,4-5H2,1-3H3;3,6H,4-5H2,1-2H3;3*5H,3-4H2,1-2H3;3*1H4. The molecule has 15 rings (SSSR count). The van der Waals surface area contributed by atoms with Crippen LogP contribution in [0.2, 0.25) is 0 Å². The Morgan fingerprint density at radius 2 is 0.857 bits per heavy atom. The van der Waals surface area contributed by atoms with Crippen molar-refractivity contribution >= 4 is 0 Å². The minimum absolute atomic E-state index is 0. The molecule has 56 heavy (non-hydrogen) atoms. The third-order valence-corrected chi connectivity index (χ3v) is 14.0. The Morgan fingerprint density at radius 3 is 1.23 bits per heavy atom. The van der Waals surface area contributed by atoms with E-state index in [1.165, 1.54) is 64.5 Å². The van der Waals surface area contributed by atoms with Crippen LogP contribution in [0.4, 0.5) is 0 Å². The second-order valence-electron chi connectivity index (χ2n) is 19.6. The maximum Gasteiger partial charge on any atom is 0.0632 e. The molecule has 0 radical (unpaired) electrons. The summed E-state index contributed by atoms with van der Waals surface area (Å²) in [5.74, 6) is 3.00. The van der Waals surface area contributed by atoms with E-state index in [4.69, 9.17) is 0 Å². The number of hydrogen-bond donors (Lipinski definition) is 0. The van der Waals surface area contributed by atoms with Crippen molar-refractivity contribution in [2.24, 2.45) is 0 Å². The number of hydrogen-bond acceptors (Lipinski definition) is 0. The van der Waals surface area contributed by atoms with Crippen molar-refractivity contribution in [3.63, 3.8) is 0 Å². The molecule has 3 aromatic heterocycles. The fourth-order valence-electron chi connectivity index (χ4n) is 11.0. The van der Waals surface area contributed by atoms with E-state index in [0.29, 0.717) is 6.04 Å². The average Bonchev–Trinajstić information content (AvgIpc) is 3.90. The Bertz CT molecular complexity index is 2190. The monoisotopic (exact) mass is 750 g/mol. The third-order valence-electron chi connectivity index (χ3n) is 14.0. The van der Waals surface area contributed by atoms with Crippen LogP contribution in [0.15, 0.2) is 6.07 Å². The van der Waals surface area contributed by atoms with Crippen LogP contribution in [-0.4, -0.2) is 13.7 Å². The van der Waals surface area contributed by atoms with Gasteiger partial charge in [0.25, 0.3) is 0 Å². The Balaban J connectivity index is 0.0000000973. The summed E-state index contributed by atoms with van der Waals surface area (Å²) in [6, 6.07) is 3.10. The highest BCUT2D eigenvalue weighted by atomic mass is 15.2. The lowest BCUT2D eigenvalue weighted by atomic mass is 10.0. The first-order valence-electron chi connectivity index (χ1n) is 21.4. The molecule has 5 heterocycles. The van der Waals surface area contributed by atoms with E-state index in [2.05, 4.69) is 95.9 Å². The first-order chi connectivity index (χ1) is 25.3. The third kappa shape index (κ3) is 6.21. The van der Waals surface area contributed by atoms with E-state index in [0.717, 1.165) is 23.7 Å². The van der Waals surface area contributed by atoms with Gasteiger partial charge in [0.15, 0.2) is 0 Å². The number of nitrogens with zero attached hydrogens (tertiary/aromatic N) is 3. The molecular weight excluding hydrogens is 679 g/mol. The first-order valence-corrected chi connectivity index (χ1v) is 21.4. The van der Waals surface area contributed by atoms with Crippen LogP contribution in [-0.2, 0) is 64.5 Å². The van der Waals surface area contributed by atoms with Crippen molar-refractivity contribution < 1.29 is 0 Å². The lowest BCUT2D eigenvalue weighted by Gasteiger charge is -2.08. The topological polar surface area (TPSA) is 14.8 Å². The second-order valence-corrected chi connectivity index (χ2v) is 19.6. The SMILES string of the molecule is C.C.C.CC(C)c1c2c(c3n1C3)C2.CC(C)c1c2c(cc3c1C3)C2.CC(C)c1c2c(n3c1C3)C2.CC(C)n1c2c(c3c1C3)C2.Cc1c2c(c(C(C)C)c3c1C3)C2. The van der Waals surface area contributed by atoms with E-state index in [-0.39, 0.29) is 22.3 Å². The number of fused-ring (bicyclic) bond motifs is 13. The van der Waals surface area contributed by atoms with Crippen molar-refractivity contribution in [3.8, 4) is 0 Å². The van der Waals surface area contributed by atoms with Crippen LogP contribution in [0.3, 0.4) is 0 Å². The first kappa shape index (κ1) is 39.1. The minimum Gasteiger partial charge on any atom is -0.345 e. The summed E-state index contributed by atoms with van der Waals surface area (Å²) in [5, 5.41) is 0. The summed E-state index contributed by atoms with van der Waals surface area (Å²) in [6.07, 6.45) is 10.4. The van der Waals surface area contributed by atoms with Gasteiger partial charge in [-0.25, -0.2) is 0 Å². The summed E-state index contributed by atoms with van der Waals surface area (Å²) < 4.78 is 7.45. The molecule has 3 nitrogen and oxygen atoms in total. The number of aromatic nitrogens is 3. The van der Waals surface area contributed by atoms with Crippen molar-refractivity contribution in [2.75, 3.05) is 0 Å². The molecule has 0 saturated carbocycles. The van der Waals surface area contributed by atoms with Gasteiger partial charge < -0.3 is 13.7 Å². The molecule has 3 heteroatoms. The lowest BCUT2D eigenvalue weighted by molar-refractivity contribution is 0.589. The minimum atomic E-state index is 0. The summed E-state index contributed by atoms with van der Waals surface area (Å²) in [7, 11) is 0. The van der Waals surface area contributed by atoms with Gasteiger partial charge in [-0.15, -0.1) is 0 Å². The zero-order chi connectivity index (χ0) is 36.7. The van der Waals surface area contributed by atoms with E-state index < -0.39 is 0 Å². The smallest absolute Gasteiger partial charge is 0.0632 e. The molecule has 2 aromatic carbocycles. The Hall–Kier alpha value is -3.72. The number of benzene rings is 2. The van der Waals surface area contributed by atoms with Gasteiger partial charge in [-0.2, -0.15) is 0 Å². The van der Waals surface area contributed by atoms with Gasteiger partial charge in [-0.1, -0.05) is 83.7 Å². The quantitative estimate of drug-likeness (QED) is 0.166. The van der Waals surface area contributed by atoms with Crippen LogP contribution in [0.5, 0.6) is 0 Å². The van der Waals surface area contributed by atoms with Crippen molar-refractivity contribution in [1.82, 2.24) is 13.7 Å². The van der Waals surface area contributed by atoms with E-state index >= 15 is 0 Å². The fraction of sp³-hybridized carbons (Fsp3) is 0.547. The fourth-order valence-corrected chi connectivity index (χ4v) is 11.0. The van der Waals surface area contributed by atoms with Crippen LogP contribution in [0.1, 0.15) is 250 Å². The predicted octanol–water partition coefficient (Wildman–Crippen LogP) is 13.1. The maximum absolute atomic E-state index is 2.52. The lowest BCUT2D eigenvalue weighted by Crippen LogP contribution is -2.00. The van der Waals surface area contributed by atoms with Gasteiger partial charge in [0.05, 0.1) is 13.1 Å². The Labute approximate surface area is 339 Å².